The van der Waals surface area contributed by atoms with E-state index in [0.29, 0.717) is 38.5 Å². The van der Waals surface area contributed by atoms with E-state index in [1.165, 1.54) is 0 Å². The average molecular weight is 353 g/mol. The van der Waals surface area contributed by atoms with E-state index in [4.69, 9.17) is 5.11 Å². The van der Waals surface area contributed by atoms with Gasteiger partial charge in [-0.2, -0.15) is 0 Å². The molecule has 1 saturated heterocycles. The van der Waals surface area contributed by atoms with Crippen molar-refractivity contribution in [3.63, 3.8) is 0 Å². The van der Waals surface area contributed by atoms with Gasteiger partial charge in [-0.15, -0.1) is 0 Å². The fourth-order valence-electron chi connectivity index (χ4n) is 2.98. The van der Waals surface area contributed by atoms with Crippen LogP contribution in [0, 0.1) is 0 Å². The summed E-state index contributed by atoms with van der Waals surface area (Å²) in [7, 11) is 0. The van der Waals surface area contributed by atoms with Crippen molar-refractivity contribution in [3.8, 4) is 0 Å². The summed E-state index contributed by atoms with van der Waals surface area (Å²) in [5, 5.41) is 18.5. The van der Waals surface area contributed by atoms with Gasteiger partial charge in [-0.1, -0.05) is 38.3 Å². The summed E-state index contributed by atoms with van der Waals surface area (Å²) >= 11 is 0. The Morgan fingerprint density at radius 2 is 1.96 bits per heavy atom. The van der Waals surface area contributed by atoms with Gasteiger partial charge in [0.2, 0.25) is 5.91 Å². The molecular formula is C19H31NO5. The van der Waals surface area contributed by atoms with Crippen molar-refractivity contribution in [2.75, 3.05) is 6.54 Å². The van der Waals surface area contributed by atoms with E-state index in [1.54, 1.807) is 11.0 Å². The molecule has 2 N–H and O–H groups in total. The summed E-state index contributed by atoms with van der Waals surface area (Å²) in [5.74, 6) is -0.929. The minimum absolute atomic E-state index is 0.0333. The fourth-order valence-corrected chi connectivity index (χ4v) is 2.98. The first-order valence-corrected chi connectivity index (χ1v) is 9.33. The maximum atomic E-state index is 12.0. The van der Waals surface area contributed by atoms with E-state index in [-0.39, 0.29) is 30.7 Å². The van der Waals surface area contributed by atoms with Crippen LogP contribution < -0.4 is 0 Å². The molecule has 25 heavy (non-hydrogen) atoms. The number of hydrogen-bond acceptors (Lipinski definition) is 4. The minimum Gasteiger partial charge on any atom is -0.481 e. The molecule has 0 aromatic carbocycles. The quantitative estimate of drug-likeness (QED) is 0.392. The second-order valence-electron chi connectivity index (χ2n) is 6.72. The molecule has 0 bridgehead atoms. The Morgan fingerprint density at radius 1 is 1.24 bits per heavy atom. The number of carbonyl (C=O) groups excluding carboxylic acids is 2. The molecule has 2 unspecified atom stereocenters. The highest BCUT2D eigenvalue weighted by Crippen LogP contribution is 2.20. The third-order valence-electron chi connectivity index (χ3n) is 4.48. The number of carboxylic acid groups (broad SMARTS) is 1. The average Bonchev–Trinajstić information content (AvgIpc) is 2.90. The SMILES string of the molecule is CCCCCC(O)C=CC1CCC(=O)N1CC(=O)CCCCC(=O)O. The van der Waals surface area contributed by atoms with Crippen molar-refractivity contribution in [1.82, 2.24) is 4.90 Å². The number of rotatable bonds is 13. The number of amides is 1. The van der Waals surface area contributed by atoms with Crippen molar-refractivity contribution < 1.29 is 24.6 Å². The van der Waals surface area contributed by atoms with Gasteiger partial charge < -0.3 is 15.1 Å². The monoisotopic (exact) mass is 353 g/mol. The molecule has 0 aromatic heterocycles. The van der Waals surface area contributed by atoms with Gasteiger partial charge in [-0.3, -0.25) is 14.4 Å². The molecule has 0 aromatic rings. The highest BCUT2D eigenvalue weighted by molar-refractivity contribution is 5.87. The molecule has 1 rings (SSSR count). The number of likely N-dealkylation sites (tertiary alicyclic amines) is 1. The molecule has 0 saturated carbocycles. The largest absolute Gasteiger partial charge is 0.481 e. The smallest absolute Gasteiger partial charge is 0.303 e. The van der Waals surface area contributed by atoms with Gasteiger partial charge in [0.25, 0.3) is 0 Å². The third kappa shape index (κ3) is 8.82. The van der Waals surface area contributed by atoms with Crippen LogP contribution in [-0.4, -0.2) is 51.5 Å². The summed E-state index contributed by atoms with van der Waals surface area (Å²) in [6.45, 7) is 2.19. The van der Waals surface area contributed by atoms with Crippen molar-refractivity contribution >= 4 is 17.7 Å². The van der Waals surface area contributed by atoms with Gasteiger partial charge in [0.05, 0.1) is 18.7 Å². The normalized spacial score (nSPS) is 18.9. The van der Waals surface area contributed by atoms with Crippen LogP contribution in [0.1, 0.15) is 71.1 Å². The number of aliphatic hydroxyl groups excluding tert-OH is 1. The molecule has 0 aliphatic carbocycles. The molecule has 1 aliphatic rings. The maximum absolute atomic E-state index is 12.0. The van der Waals surface area contributed by atoms with Gasteiger partial charge in [0.15, 0.2) is 5.78 Å². The highest BCUT2D eigenvalue weighted by Gasteiger charge is 2.30. The first-order chi connectivity index (χ1) is 11.9. The predicted molar refractivity (Wildman–Crippen MR) is 95.1 cm³/mol. The van der Waals surface area contributed by atoms with Gasteiger partial charge in [-0.25, -0.2) is 0 Å². The van der Waals surface area contributed by atoms with Gasteiger partial charge in [-0.05, 0) is 25.7 Å². The molecular weight excluding hydrogens is 322 g/mol. The van der Waals surface area contributed by atoms with Crippen LogP contribution in [0.15, 0.2) is 12.2 Å². The first-order valence-electron chi connectivity index (χ1n) is 9.33. The minimum atomic E-state index is -0.857. The summed E-state index contributed by atoms with van der Waals surface area (Å²) in [6.07, 6.45) is 9.44. The highest BCUT2D eigenvalue weighted by atomic mass is 16.4. The van der Waals surface area contributed by atoms with Crippen LogP contribution in [0.25, 0.3) is 0 Å². The Bertz CT molecular complexity index is 474. The van der Waals surface area contributed by atoms with Crippen molar-refractivity contribution in [2.45, 2.75) is 83.3 Å². The Kier molecular flexibility index (Phi) is 10.1. The lowest BCUT2D eigenvalue weighted by Crippen LogP contribution is -2.36. The van der Waals surface area contributed by atoms with Gasteiger partial charge >= 0.3 is 5.97 Å². The Morgan fingerprint density at radius 3 is 2.64 bits per heavy atom. The van der Waals surface area contributed by atoms with E-state index < -0.39 is 12.1 Å². The van der Waals surface area contributed by atoms with E-state index in [0.717, 1.165) is 19.3 Å². The number of carboxylic acids is 1. The lowest BCUT2D eigenvalue weighted by atomic mass is 10.1. The zero-order chi connectivity index (χ0) is 18.7. The number of ketones is 1. The molecule has 6 heteroatoms. The van der Waals surface area contributed by atoms with Gasteiger partial charge in [0, 0.05) is 19.3 Å². The van der Waals surface area contributed by atoms with Crippen LogP contribution in [0.2, 0.25) is 0 Å². The molecule has 6 nitrogen and oxygen atoms in total. The topological polar surface area (TPSA) is 94.9 Å². The summed E-state index contributed by atoms with van der Waals surface area (Å²) in [4.78, 5) is 36.1. The van der Waals surface area contributed by atoms with Crippen LogP contribution >= 0.6 is 0 Å². The Labute approximate surface area is 149 Å². The zero-order valence-electron chi connectivity index (χ0n) is 15.2. The zero-order valence-corrected chi connectivity index (χ0v) is 15.2. The van der Waals surface area contributed by atoms with Crippen LogP contribution in [0.5, 0.6) is 0 Å². The number of nitrogens with zero attached hydrogens (tertiary/aromatic N) is 1. The van der Waals surface area contributed by atoms with Crippen LogP contribution in [0.3, 0.4) is 0 Å². The van der Waals surface area contributed by atoms with Crippen LogP contribution in [-0.2, 0) is 14.4 Å². The molecule has 0 radical (unpaired) electrons. The fraction of sp³-hybridized carbons (Fsp3) is 0.737. The summed E-state index contributed by atoms with van der Waals surface area (Å²) in [6, 6.07) is -0.128. The molecule has 1 heterocycles. The Balaban J connectivity index is 2.40. The standard InChI is InChI=1S/C19H31NO5/c1-2-3-4-7-16(21)12-10-15-11-13-18(23)20(15)14-17(22)8-5-6-9-19(24)25/h10,12,15-16,21H,2-9,11,13-14H2,1H3,(H,24,25). The first kappa shape index (κ1) is 21.4. The summed E-state index contributed by atoms with van der Waals surface area (Å²) in [5.41, 5.74) is 0. The molecule has 2 atom stereocenters. The molecule has 142 valence electrons. The maximum Gasteiger partial charge on any atom is 0.303 e. The number of hydrogen-bond donors (Lipinski definition) is 2. The number of aliphatic hydroxyl groups is 1. The second-order valence-corrected chi connectivity index (χ2v) is 6.72. The van der Waals surface area contributed by atoms with E-state index in [1.807, 2.05) is 6.08 Å². The number of aliphatic carboxylic acids is 1. The molecule has 0 spiro atoms. The second kappa shape index (κ2) is 11.8. The van der Waals surface area contributed by atoms with E-state index >= 15 is 0 Å². The van der Waals surface area contributed by atoms with Gasteiger partial charge in [0.1, 0.15) is 0 Å². The van der Waals surface area contributed by atoms with Crippen molar-refractivity contribution in [2.24, 2.45) is 0 Å². The van der Waals surface area contributed by atoms with E-state index in [9.17, 15) is 19.5 Å². The molecule has 1 fully saturated rings. The van der Waals surface area contributed by atoms with Crippen molar-refractivity contribution in [1.29, 1.82) is 0 Å². The summed E-state index contributed by atoms with van der Waals surface area (Å²) < 4.78 is 0. The lowest BCUT2D eigenvalue weighted by Gasteiger charge is -2.22. The number of unbranched alkanes of at least 4 members (excludes halogenated alkanes) is 3. The van der Waals surface area contributed by atoms with Crippen molar-refractivity contribution in [3.05, 3.63) is 12.2 Å². The predicted octanol–water partition coefficient (Wildman–Crippen LogP) is 2.69. The molecule has 1 amide bonds. The van der Waals surface area contributed by atoms with Crippen LogP contribution in [0.4, 0.5) is 0 Å². The Hall–Kier alpha value is -1.69. The number of carbonyl (C=O) groups is 3. The third-order valence-corrected chi connectivity index (χ3v) is 4.48. The number of Topliss-reactive ketones (excluding diaryl/α,β-unsaturated/α-hetero) is 1. The lowest BCUT2D eigenvalue weighted by molar-refractivity contribution is -0.137. The van der Waals surface area contributed by atoms with E-state index in [2.05, 4.69) is 6.92 Å². The molecule has 1 aliphatic heterocycles.